The first-order chi connectivity index (χ1) is 10.4. The lowest BCUT2D eigenvalue weighted by Gasteiger charge is -2.16. The fraction of sp³-hybridized carbons (Fsp3) is 0.267. The normalized spacial score (nSPS) is 10.8. The molecule has 1 aromatic carbocycles. The monoisotopic (exact) mass is 303 g/mol. The van der Waals surface area contributed by atoms with Crippen LogP contribution in [0.5, 0.6) is 11.5 Å². The van der Waals surface area contributed by atoms with Crippen molar-refractivity contribution in [1.29, 1.82) is 5.26 Å². The number of primary amides is 1. The lowest BCUT2D eigenvalue weighted by atomic mass is 10.1. The second kappa shape index (κ2) is 7.69. The molecule has 0 spiro atoms. The van der Waals surface area contributed by atoms with Gasteiger partial charge in [0.05, 0.1) is 13.2 Å². The Balaban J connectivity index is 3.29. The number of rotatable bonds is 5. The van der Waals surface area contributed by atoms with Crippen LogP contribution in [0.4, 0.5) is 4.79 Å². The second-order valence-corrected chi connectivity index (χ2v) is 4.53. The molecule has 0 saturated carbocycles. The van der Waals surface area contributed by atoms with Crippen molar-refractivity contribution in [3.63, 3.8) is 0 Å². The van der Waals surface area contributed by atoms with Gasteiger partial charge in [-0.2, -0.15) is 5.26 Å². The Morgan fingerprint density at radius 2 is 2.09 bits per heavy atom. The first kappa shape index (κ1) is 17.0. The van der Waals surface area contributed by atoms with Crippen LogP contribution in [0.2, 0.25) is 0 Å². The molecular formula is C15H17N3O4. The molecular weight excluding hydrogens is 286 g/mol. The van der Waals surface area contributed by atoms with Gasteiger partial charge in [-0.25, -0.2) is 4.79 Å². The lowest BCUT2D eigenvalue weighted by Crippen LogP contribution is -2.35. The highest BCUT2D eigenvalue weighted by Gasteiger charge is 2.15. The molecule has 0 bridgehead atoms. The summed E-state index contributed by atoms with van der Waals surface area (Å²) in [5, 5.41) is 10.9. The van der Waals surface area contributed by atoms with Gasteiger partial charge in [0.15, 0.2) is 11.5 Å². The van der Waals surface area contributed by atoms with Crippen LogP contribution in [0, 0.1) is 11.3 Å². The molecule has 0 aliphatic rings. The average Bonchev–Trinajstić information content (AvgIpc) is 2.44. The third-order valence-corrected chi connectivity index (χ3v) is 2.48. The predicted octanol–water partition coefficient (Wildman–Crippen LogP) is 1.58. The number of urea groups is 1. The fourth-order valence-corrected chi connectivity index (χ4v) is 1.65. The van der Waals surface area contributed by atoms with Crippen molar-refractivity contribution in [3.05, 3.63) is 29.3 Å². The lowest BCUT2D eigenvalue weighted by molar-refractivity contribution is -0.115. The van der Waals surface area contributed by atoms with E-state index in [9.17, 15) is 9.59 Å². The van der Waals surface area contributed by atoms with E-state index in [0.717, 1.165) is 0 Å². The van der Waals surface area contributed by atoms with Crippen molar-refractivity contribution in [1.82, 2.24) is 5.32 Å². The Bertz CT molecular complexity index is 645. The molecule has 7 nitrogen and oxygen atoms in total. The van der Waals surface area contributed by atoms with Crippen molar-refractivity contribution in [2.45, 2.75) is 20.0 Å². The average molecular weight is 303 g/mol. The molecule has 0 fully saturated rings. The van der Waals surface area contributed by atoms with Gasteiger partial charge >= 0.3 is 6.03 Å². The van der Waals surface area contributed by atoms with Gasteiger partial charge in [0, 0.05) is 5.56 Å². The van der Waals surface area contributed by atoms with E-state index in [-0.39, 0.29) is 11.7 Å². The fourth-order valence-electron chi connectivity index (χ4n) is 1.65. The Kier molecular flexibility index (Phi) is 5.96. The number of imide groups is 1. The Morgan fingerprint density at radius 1 is 1.41 bits per heavy atom. The van der Waals surface area contributed by atoms with Crippen LogP contribution in [0.1, 0.15) is 19.4 Å². The second-order valence-electron chi connectivity index (χ2n) is 4.53. The quantitative estimate of drug-likeness (QED) is 0.633. The summed E-state index contributed by atoms with van der Waals surface area (Å²) in [5.74, 6) is -0.0111. The number of nitrogens with one attached hydrogen (secondary N) is 1. The summed E-state index contributed by atoms with van der Waals surface area (Å²) >= 11 is 0. The van der Waals surface area contributed by atoms with Crippen LogP contribution >= 0.6 is 0 Å². The zero-order chi connectivity index (χ0) is 16.7. The highest BCUT2D eigenvalue weighted by molar-refractivity contribution is 6.08. The molecule has 0 aliphatic carbocycles. The first-order valence-electron chi connectivity index (χ1n) is 6.45. The number of nitrogens with zero attached hydrogens (tertiary/aromatic N) is 1. The summed E-state index contributed by atoms with van der Waals surface area (Å²) in [7, 11) is 1.49. The number of nitriles is 1. The van der Waals surface area contributed by atoms with E-state index in [0.29, 0.717) is 17.1 Å². The van der Waals surface area contributed by atoms with Crippen LogP contribution < -0.4 is 20.5 Å². The van der Waals surface area contributed by atoms with Gasteiger partial charge in [-0.15, -0.1) is 0 Å². The number of ether oxygens (including phenoxy) is 2. The van der Waals surface area contributed by atoms with Crippen LogP contribution in [0.3, 0.4) is 0 Å². The molecule has 3 N–H and O–H groups in total. The zero-order valence-electron chi connectivity index (χ0n) is 12.5. The van der Waals surface area contributed by atoms with Crippen molar-refractivity contribution >= 4 is 18.0 Å². The summed E-state index contributed by atoms with van der Waals surface area (Å²) in [6.07, 6.45) is 1.17. The van der Waals surface area contributed by atoms with Gasteiger partial charge in [-0.3, -0.25) is 10.1 Å². The van der Waals surface area contributed by atoms with E-state index in [2.05, 4.69) is 0 Å². The molecule has 0 unspecified atom stereocenters. The Labute approximate surface area is 128 Å². The molecule has 0 saturated heterocycles. The topological polar surface area (TPSA) is 114 Å². The predicted molar refractivity (Wildman–Crippen MR) is 80.1 cm³/mol. The third-order valence-electron chi connectivity index (χ3n) is 2.48. The summed E-state index contributed by atoms with van der Waals surface area (Å²) in [6.45, 7) is 3.68. The van der Waals surface area contributed by atoms with Crippen LogP contribution in [-0.4, -0.2) is 25.2 Å². The van der Waals surface area contributed by atoms with Gasteiger partial charge in [0.25, 0.3) is 5.91 Å². The molecule has 0 aliphatic heterocycles. The highest BCUT2D eigenvalue weighted by Crippen LogP contribution is 2.33. The molecule has 116 valence electrons. The summed E-state index contributed by atoms with van der Waals surface area (Å²) in [6, 6.07) is 5.74. The van der Waals surface area contributed by atoms with E-state index in [1.807, 2.05) is 19.2 Å². The number of benzene rings is 1. The van der Waals surface area contributed by atoms with Crippen molar-refractivity contribution < 1.29 is 19.1 Å². The van der Waals surface area contributed by atoms with Gasteiger partial charge < -0.3 is 15.2 Å². The maximum absolute atomic E-state index is 11.7. The Hall–Kier alpha value is -3.01. The van der Waals surface area contributed by atoms with E-state index in [4.69, 9.17) is 20.5 Å². The van der Waals surface area contributed by atoms with E-state index in [1.165, 1.54) is 13.2 Å². The molecule has 0 atom stereocenters. The first-order valence-corrected chi connectivity index (χ1v) is 6.45. The molecule has 1 rings (SSSR count). The van der Waals surface area contributed by atoms with Crippen molar-refractivity contribution in [2.24, 2.45) is 5.73 Å². The van der Waals surface area contributed by atoms with Crippen molar-refractivity contribution in [2.75, 3.05) is 7.11 Å². The number of hydrogen-bond acceptors (Lipinski definition) is 5. The third kappa shape index (κ3) is 4.52. The maximum atomic E-state index is 11.7. The van der Waals surface area contributed by atoms with E-state index in [1.54, 1.807) is 24.3 Å². The van der Waals surface area contributed by atoms with Gasteiger partial charge in [-0.1, -0.05) is 12.1 Å². The smallest absolute Gasteiger partial charge is 0.319 e. The molecule has 3 amide bonds. The van der Waals surface area contributed by atoms with Gasteiger partial charge in [-0.05, 0) is 26.0 Å². The number of carbonyl (C=O) groups excluding carboxylic acids is 2. The molecule has 7 heteroatoms. The van der Waals surface area contributed by atoms with Crippen LogP contribution in [-0.2, 0) is 4.79 Å². The minimum atomic E-state index is -1.03. The number of hydrogen-bond donors (Lipinski definition) is 2. The van der Waals surface area contributed by atoms with Crippen molar-refractivity contribution in [3.8, 4) is 17.6 Å². The summed E-state index contributed by atoms with van der Waals surface area (Å²) in [4.78, 5) is 22.4. The zero-order valence-corrected chi connectivity index (χ0v) is 12.5. The van der Waals surface area contributed by atoms with Gasteiger partial charge in [0.1, 0.15) is 11.6 Å². The van der Waals surface area contributed by atoms with E-state index < -0.39 is 11.9 Å². The minimum absolute atomic E-state index is 0.131. The van der Waals surface area contributed by atoms with Gasteiger partial charge in [0.2, 0.25) is 0 Å². The molecule has 0 aromatic heterocycles. The van der Waals surface area contributed by atoms with E-state index >= 15 is 0 Å². The molecule has 22 heavy (non-hydrogen) atoms. The maximum Gasteiger partial charge on any atom is 0.319 e. The number of nitrogens with two attached hydrogens (primary N) is 1. The van der Waals surface area contributed by atoms with Crippen LogP contribution in [0.15, 0.2) is 23.8 Å². The number of methoxy groups -OCH3 is 1. The molecule has 1 aromatic rings. The SMILES string of the molecule is COc1cccc(/C=C(/C#N)C(=O)NC(N)=O)c1OC(C)C. The van der Waals surface area contributed by atoms with Crippen LogP contribution in [0.25, 0.3) is 6.08 Å². The summed E-state index contributed by atoms with van der Waals surface area (Å²) < 4.78 is 10.9. The Morgan fingerprint density at radius 3 is 2.59 bits per heavy atom. The molecule has 0 heterocycles. The number of carbonyl (C=O) groups is 2. The standard InChI is InChI=1S/C15H17N3O4/c1-9(2)22-13-10(5-4-6-12(13)21-3)7-11(8-16)14(19)18-15(17)20/h4-7,9H,1-3H3,(H3,17,18,19,20)/b11-7-. The molecule has 0 radical (unpaired) electrons. The minimum Gasteiger partial charge on any atom is -0.493 e. The highest BCUT2D eigenvalue weighted by atomic mass is 16.5. The number of para-hydroxylation sites is 1. The number of amides is 3. The largest absolute Gasteiger partial charge is 0.493 e. The summed E-state index contributed by atoms with van der Waals surface area (Å²) in [5.41, 5.74) is 5.07.